The highest BCUT2D eigenvalue weighted by molar-refractivity contribution is 7.92. The number of benzene rings is 3. The molecule has 0 aliphatic rings. The quantitative estimate of drug-likeness (QED) is 0.520. The van der Waals surface area contributed by atoms with Gasteiger partial charge in [-0.1, -0.05) is 35.9 Å². The van der Waals surface area contributed by atoms with Crippen molar-refractivity contribution in [3.05, 3.63) is 83.4 Å². The van der Waals surface area contributed by atoms with Crippen molar-refractivity contribution in [2.75, 3.05) is 27.6 Å². The first kappa shape index (κ1) is 23.6. The molecule has 3 rings (SSSR count). The summed E-state index contributed by atoms with van der Waals surface area (Å²) in [6.07, 6.45) is 1.08. The normalized spacial score (nSPS) is 11.6. The van der Waals surface area contributed by atoms with Crippen LogP contribution >= 0.6 is 11.6 Å². The van der Waals surface area contributed by atoms with Gasteiger partial charge in [-0.15, -0.1) is 0 Å². The number of carbonyl (C=O) groups excluding carboxylic acids is 1. The van der Waals surface area contributed by atoms with Crippen molar-refractivity contribution in [2.24, 2.45) is 0 Å². The summed E-state index contributed by atoms with van der Waals surface area (Å²) in [7, 11) is -5.85. The summed E-state index contributed by atoms with van der Waals surface area (Å²) in [6, 6.07) is 18.3. The standard InChI is InChI=1S/C21H20ClN3O5S2/c1-25(31(2,27)28)17-8-6-7-15(13-17)23-21(26)19-12-11-16(14-20(19)22)24-32(29,30)18-9-4-3-5-10-18/h3-14,24H,1-2H3,(H,23,26). The number of halogens is 1. The van der Waals surface area contributed by atoms with Crippen LogP contribution in [0.5, 0.6) is 0 Å². The summed E-state index contributed by atoms with van der Waals surface area (Å²) in [5, 5.41) is 2.70. The SMILES string of the molecule is CN(c1cccc(NC(=O)c2ccc(NS(=O)(=O)c3ccccc3)cc2Cl)c1)S(C)(=O)=O. The topological polar surface area (TPSA) is 113 Å². The molecule has 3 aromatic rings. The van der Waals surface area contributed by atoms with E-state index in [1.165, 1.54) is 43.4 Å². The molecular formula is C21H20ClN3O5S2. The molecule has 0 bridgehead atoms. The average Bonchev–Trinajstić information content (AvgIpc) is 2.73. The van der Waals surface area contributed by atoms with Crippen molar-refractivity contribution in [3.8, 4) is 0 Å². The van der Waals surface area contributed by atoms with Gasteiger partial charge in [-0.3, -0.25) is 13.8 Å². The molecule has 3 aromatic carbocycles. The van der Waals surface area contributed by atoms with E-state index in [-0.39, 0.29) is 21.2 Å². The van der Waals surface area contributed by atoms with E-state index >= 15 is 0 Å². The number of hydrogen-bond donors (Lipinski definition) is 2. The number of anilines is 3. The number of hydrogen-bond acceptors (Lipinski definition) is 5. The van der Waals surface area contributed by atoms with Crippen LogP contribution in [0.15, 0.2) is 77.7 Å². The molecule has 0 saturated heterocycles. The first-order chi connectivity index (χ1) is 15.0. The molecule has 0 fully saturated rings. The molecular weight excluding hydrogens is 474 g/mol. The van der Waals surface area contributed by atoms with Gasteiger partial charge in [0.25, 0.3) is 15.9 Å². The van der Waals surface area contributed by atoms with E-state index in [2.05, 4.69) is 10.0 Å². The Kier molecular flexibility index (Phi) is 6.77. The molecule has 0 aromatic heterocycles. The molecule has 0 unspecified atom stereocenters. The summed E-state index contributed by atoms with van der Waals surface area (Å²) >= 11 is 6.22. The van der Waals surface area contributed by atoms with Crippen LogP contribution in [0.1, 0.15) is 10.4 Å². The second kappa shape index (κ2) is 9.19. The van der Waals surface area contributed by atoms with Crippen LogP contribution in [0.4, 0.5) is 17.1 Å². The first-order valence-corrected chi connectivity index (χ1v) is 12.9. The minimum absolute atomic E-state index is 0.0418. The van der Waals surface area contributed by atoms with Gasteiger partial charge >= 0.3 is 0 Å². The van der Waals surface area contributed by atoms with Crippen molar-refractivity contribution < 1.29 is 21.6 Å². The molecule has 32 heavy (non-hydrogen) atoms. The van der Waals surface area contributed by atoms with E-state index in [0.29, 0.717) is 11.4 Å². The lowest BCUT2D eigenvalue weighted by atomic mass is 10.2. The van der Waals surface area contributed by atoms with Crippen LogP contribution in [-0.2, 0) is 20.0 Å². The lowest BCUT2D eigenvalue weighted by Crippen LogP contribution is -2.24. The summed E-state index contributed by atoms with van der Waals surface area (Å²) in [5.74, 6) is -0.536. The van der Waals surface area contributed by atoms with Crippen LogP contribution in [0.2, 0.25) is 5.02 Å². The van der Waals surface area contributed by atoms with E-state index < -0.39 is 26.0 Å². The Morgan fingerprint density at radius 2 is 1.56 bits per heavy atom. The van der Waals surface area contributed by atoms with Crippen molar-refractivity contribution in [2.45, 2.75) is 4.90 Å². The molecule has 2 N–H and O–H groups in total. The maximum atomic E-state index is 12.7. The summed E-state index contributed by atoms with van der Waals surface area (Å²) in [5.41, 5.74) is 1.07. The number of sulfonamides is 2. The zero-order valence-corrected chi connectivity index (χ0v) is 19.5. The largest absolute Gasteiger partial charge is 0.322 e. The third-order valence-corrected chi connectivity index (χ3v) is 7.40. The predicted molar refractivity (Wildman–Crippen MR) is 126 cm³/mol. The van der Waals surface area contributed by atoms with Gasteiger partial charge in [0.1, 0.15) is 0 Å². The third kappa shape index (κ3) is 5.58. The highest BCUT2D eigenvalue weighted by Gasteiger charge is 2.17. The monoisotopic (exact) mass is 493 g/mol. The number of amides is 1. The maximum Gasteiger partial charge on any atom is 0.261 e. The average molecular weight is 494 g/mol. The van der Waals surface area contributed by atoms with Crippen molar-refractivity contribution >= 4 is 54.6 Å². The van der Waals surface area contributed by atoms with E-state index in [9.17, 15) is 21.6 Å². The highest BCUT2D eigenvalue weighted by Crippen LogP contribution is 2.25. The lowest BCUT2D eigenvalue weighted by Gasteiger charge is -2.17. The molecule has 0 atom stereocenters. The molecule has 0 saturated carbocycles. The second-order valence-electron chi connectivity index (χ2n) is 6.85. The van der Waals surface area contributed by atoms with Gasteiger partial charge < -0.3 is 5.32 Å². The Morgan fingerprint density at radius 3 is 2.19 bits per heavy atom. The van der Waals surface area contributed by atoms with Gasteiger partial charge in [0.15, 0.2) is 0 Å². The van der Waals surface area contributed by atoms with Gasteiger partial charge in [0, 0.05) is 12.7 Å². The zero-order valence-electron chi connectivity index (χ0n) is 17.1. The summed E-state index contributed by atoms with van der Waals surface area (Å²) in [4.78, 5) is 12.8. The Morgan fingerprint density at radius 1 is 0.875 bits per heavy atom. The minimum Gasteiger partial charge on any atom is -0.322 e. The molecule has 0 heterocycles. The molecule has 0 radical (unpaired) electrons. The Balaban J connectivity index is 1.78. The maximum absolute atomic E-state index is 12.7. The number of nitrogens with one attached hydrogen (secondary N) is 2. The molecule has 0 aliphatic heterocycles. The van der Waals surface area contributed by atoms with Gasteiger partial charge in [0.2, 0.25) is 10.0 Å². The number of nitrogens with zero attached hydrogens (tertiary/aromatic N) is 1. The van der Waals surface area contributed by atoms with Gasteiger partial charge in [-0.2, -0.15) is 0 Å². The number of rotatable bonds is 7. The van der Waals surface area contributed by atoms with Gasteiger partial charge in [-0.25, -0.2) is 16.8 Å². The predicted octanol–water partition coefficient (Wildman–Crippen LogP) is 3.79. The summed E-state index contributed by atoms with van der Waals surface area (Å²) < 4.78 is 51.9. The molecule has 8 nitrogen and oxygen atoms in total. The van der Waals surface area contributed by atoms with Crippen molar-refractivity contribution in [3.63, 3.8) is 0 Å². The molecule has 168 valence electrons. The fourth-order valence-electron chi connectivity index (χ4n) is 2.75. The first-order valence-electron chi connectivity index (χ1n) is 9.20. The van der Waals surface area contributed by atoms with Crippen LogP contribution < -0.4 is 14.3 Å². The fraction of sp³-hybridized carbons (Fsp3) is 0.0952. The van der Waals surface area contributed by atoms with E-state index in [1.54, 1.807) is 36.4 Å². The minimum atomic E-state index is -3.80. The Labute approximate surface area is 191 Å². The number of carbonyl (C=O) groups is 1. The Bertz CT molecular complexity index is 1360. The lowest BCUT2D eigenvalue weighted by molar-refractivity contribution is 0.102. The molecule has 1 amide bonds. The Hall–Kier alpha value is -3.08. The highest BCUT2D eigenvalue weighted by atomic mass is 35.5. The zero-order chi connectivity index (χ0) is 23.5. The van der Waals surface area contributed by atoms with Crippen LogP contribution in [0.3, 0.4) is 0 Å². The van der Waals surface area contributed by atoms with Crippen molar-refractivity contribution in [1.82, 2.24) is 0 Å². The summed E-state index contributed by atoms with van der Waals surface area (Å²) in [6.45, 7) is 0. The van der Waals surface area contributed by atoms with E-state index in [0.717, 1.165) is 10.6 Å². The van der Waals surface area contributed by atoms with Crippen molar-refractivity contribution in [1.29, 1.82) is 0 Å². The molecule has 11 heteroatoms. The molecule has 0 spiro atoms. The van der Waals surface area contributed by atoms with E-state index in [4.69, 9.17) is 11.6 Å². The third-order valence-electron chi connectivity index (χ3n) is 4.48. The van der Waals surface area contributed by atoms with Crippen LogP contribution in [0.25, 0.3) is 0 Å². The van der Waals surface area contributed by atoms with E-state index in [1.807, 2.05) is 0 Å². The second-order valence-corrected chi connectivity index (χ2v) is 11.0. The van der Waals surface area contributed by atoms with Crippen LogP contribution in [0, 0.1) is 0 Å². The fourth-order valence-corrected chi connectivity index (χ4v) is 4.58. The van der Waals surface area contributed by atoms with Crippen LogP contribution in [-0.4, -0.2) is 36.0 Å². The smallest absolute Gasteiger partial charge is 0.261 e. The van der Waals surface area contributed by atoms with Gasteiger partial charge in [0.05, 0.1) is 33.1 Å². The van der Waals surface area contributed by atoms with Gasteiger partial charge in [-0.05, 0) is 48.5 Å². The molecule has 0 aliphatic carbocycles.